The molecule has 0 saturated carbocycles. The molecule has 1 heterocycles. The van der Waals surface area contributed by atoms with Crippen LogP contribution in [0.3, 0.4) is 0 Å². The molecule has 3 aromatic rings. The molecule has 0 aliphatic rings. The zero-order chi connectivity index (χ0) is 19.8. The average molecular weight is 397 g/mol. The highest BCUT2D eigenvalue weighted by molar-refractivity contribution is 8.00. The molecule has 146 valence electrons. The van der Waals surface area contributed by atoms with Crippen LogP contribution in [0, 0.1) is 0 Å². The number of amides is 1. The van der Waals surface area contributed by atoms with Crippen molar-refractivity contribution >= 4 is 17.7 Å². The quantitative estimate of drug-likeness (QED) is 0.562. The fraction of sp³-hybridized carbons (Fsp3) is 0.286. The number of methoxy groups -OCH3 is 1. The van der Waals surface area contributed by atoms with Crippen LogP contribution in [0.15, 0.2) is 72.1 Å². The summed E-state index contributed by atoms with van der Waals surface area (Å²) in [6.45, 7) is 3.09. The molecule has 0 bridgehead atoms. The lowest BCUT2D eigenvalue weighted by Crippen LogP contribution is -2.35. The Bertz CT molecular complexity index is 831. The van der Waals surface area contributed by atoms with E-state index >= 15 is 0 Å². The normalized spacial score (nSPS) is 12.1. The molecule has 0 aliphatic heterocycles. The van der Waals surface area contributed by atoms with Gasteiger partial charge in [-0.15, -0.1) is 10.2 Å². The number of hydrogen-bond acceptors (Lipinski definition) is 5. The summed E-state index contributed by atoms with van der Waals surface area (Å²) < 4.78 is 7.00. The SMILES string of the molecule is COCCn1cnnc1SC(C)C(=O)NC(c1ccccc1)c1ccccc1. The number of carbonyl (C=O) groups excluding carboxylic acids is 1. The second-order valence-corrected chi connectivity index (χ2v) is 7.63. The highest BCUT2D eigenvalue weighted by Gasteiger charge is 2.22. The topological polar surface area (TPSA) is 69.0 Å². The molecule has 0 aliphatic carbocycles. The summed E-state index contributed by atoms with van der Waals surface area (Å²) in [6, 6.07) is 19.8. The highest BCUT2D eigenvalue weighted by atomic mass is 32.2. The first-order valence-corrected chi connectivity index (χ1v) is 10.0. The average Bonchev–Trinajstić information content (AvgIpc) is 3.18. The second-order valence-electron chi connectivity index (χ2n) is 6.32. The van der Waals surface area contributed by atoms with E-state index in [2.05, 4.69) is 15.5 Å². The molecule has 0 spiro atoms. The number of ether oxygens (including phenoxy) is 1. The van der Waals surface area contributed by atoms with E-state index in [9.17, 15) is 4.79 Å². The molecule has 6 nitrogen and oxygen atoms in total. The van der Waals surface area contributed by atoms with Crippen LogP contribution in [0.1, 0.15) is 24.1 Å². The predicted molar refractivity (Wildman–Crippen MR) is 110 cm³/mol. The molecule has 0 radical (unpaired) electrons. The third-order valence-electron chi connectivity index (χ3n) is 4.32. The Kier molecular flexibility index (Phi) is 7.22. The number of nitrogens with one attached hydrogen (secondary N) is 1. The number of carbonyl (C=O) groups is 1. The fourth-order valence-corrected chi connectivity index (χ4v) is 3.66. The molecule has 1 N–H and O–H groups in total. The first-order valence-electron chi connectivity index (χ1n) is 9.12. The molecule has 0 fully saturated rings. The van der Waals surface area contributed by atoms with Crippen molar-refractivity contribution in [1.29, 1.82) is 0 Å². The van der Waals surface area contributed by atoms with E-state index in [1.165, 1.54) is 11.8 Å². The minimum absolute atomic E-state index is 0.0519. The summed E-state index contributed by atoms with van der Waals surface area (Å²) in [5.41, 5.74) is 2.09. The van der Waals surface area contributed by atoms with Gasteiger partial charge in [0.05, 0.1) is 17.9 Å². The number of aromatic nitrogens is 3. The smallest absolute Gasteiger partial charge is 0.234 e. The fourth-order valence-electron chi connectivity index (χ4n) is 2.80. The maximum absolute atomic E-state index is 12.9. The molecule has 1 unspecified atom stereocenters. The number of nitrogens with zero attached hydrogens (tertiary/aromatic N) is 3. The molecular weight excluding hydrogens is 372 g/mol. The lowest BCUT2D eigenvalue weighted by atomic mass is 9.98. The first-order chi connectivity index (χ1) is 13.7. The van der Waals surface area contributed by atoms with Crippen LogP contribution in [0.2, 0.25) is 0 Å². The summed E-state index contributed by atoms with van der Waals surface area (Å²) in [5.74, 6) is -0.0519. The van der Waals surface area contributed by atoms with Crippen LogP contribution in [-0.2, 0) is 16.1 Å². The molecule has 2 aromatic carbocycles. The van der Waals surface area contributed by atoms with Crippen LogP contribution in [-0.4, -0.2) is 39.6 Å². The van der Waals surface area contributed by atoms with Crippen LogP contribution < -0.4 is 5.32 Å². The second kappa shape index (κ2) is 10.1. The highest BCUT2D eigenvalue weighted by Crippen LogP contribution is 2.25. The molecule has 1 aromatic heterocycles. The van der Waals surface area contributed by atoms with Gasteiger partial charge < -0.3 is 14.6 Å². The Labute approximate surface area is 169 Å². The largest absolute Gasteiger partial charge is 0.383 e. The third kappa shape index (κ3) is 5.21. The van der Waals surface area contributed by atoms with Gasteiger partial charge in [-0.25, -0.2) is 0 Å². The predicted octanol–water partition coefficient (Wildman–Crippen LogP) is 3.31. The van der Waals surface area contributed by atoms with Gasteiger partial charge in [0, 0.05) is 13.7 Å². The number of hydrogen-bond donors (Lipinski definition) is 1. The Morgan fingerprint density at radius 1 is 1.11 bits per heavy atom. The lowest BCUT2D eigenvalue weighted by Gasteiger charge is -2.22. The maximum Gasteiger partial charge on any atom is 0.234 e. The Hall–Kier alpha value is -2.64. The zero-order valence-electron chi connectivity index (χ0n) is 16.0. The van der Waals surface area contributed by atoms with Crippen molar-refractivity contribution in [3.8, 4) is 0 Å². The van der Waals surface area contributed by atoms with Crippen LogP contribution in [0.4, 0.5) is 0 Å². The summed E-state index contributed by atoms with van der Waals surface area (Å²) >= 11 is 1.39. The zero-order valence-corrected chi connectivity index (χ0v) is 16.8. The third-order valence-corrected chi connectivity index (χ3v) is 5.41. The van der Waals surface area contributed by atoms with Gasteiger partial charge in [-0.2, -0.15) is 0 Å². The number of rotatable bonds is 9. The molecule has 28 heavy (non-hydrogen) atoms. The van der Waals surface area contributed by atoms with Crippen molar-refractivity contribution in [2.75, 3.05) is 13.7 Å². The molecule has 1 amide bonds. The van der Waals surface area contributed by atoms with Crippen molar-refractivity contribution in [3.05, 3.63) is 78.1 Å². The molecular formula is C21H24N4O2S. The Morgan fingerprint density at radius 2 is 1.71 bits per heavy atom. The minimum Gasteiger partial charge on any atom is -0.383 e. The van der Waals surface area contributed by atoms with Gasteiger partial charge >= 0.3 is 0 Å². The summed E-state index contributed by atoms with van der Waals surface area (Å²) in [4.78, 5) is 12.9. The lowest BCUT2D eigenvalue weighted by molar-refractivity contribution is -0.120. The van der Waals surface area contributed by atoms with Gasteiger partial charge in [0.25, 0.3) is 0 Å². The Balaban J connectivity index is 1.72. The summed E-state index contributed by atoms with van der Waals surface area (Å²) in [7, 11) is 1.65. The summed E-state index contributed by atoms with van der Waals surface area (Å²) in [5, 5.41) is 11.6. The monoisotopic (exact) mass is 396 g/mol. The van der Waals surface area contributed by atoms with Crippen molar-refractivity contribution in [2.24, 2.45) is 0 Å². The van der Waals surface area contributed by atoms with E-state index in [1.807, 2.05) is 72.2 Å². The van der Waals surface area contributed by atoms with Gasteiger partial charge in [0.1, 0.15) is 6.33 Å². The van der Waals surface area contributed by atoms with E-state index in [0.717, 1.165) is 11.1 Å². The van der Waals surface area contributed by atoms with Crippen molar-refractivity contribution in [2.45, 2.75) is 29.9 Å². The molecule has 1 atom stereocenters. The number of thioether (sulfide) groups is 1. The van der Waals surface area contributed by atoms with Gasteiger partial charge in [-0.3, -0.25) is 4.79 Å². The van der Waals surface area contributed by atoms with E-state index in [0.29, 0.717) is 18.3 Å². The first kappa shape index (κ1) is 20.1. The van der Waals surface area contributed by atoms with Gasteiger partial charge in [0.2, 0.25) is 5.91 Å². The van der Waals surface area contributed by atoms with Crippen molar-refractivity contribution in [1.82, 2.24) is 20.1 Å². The van der Waals surface area contributed by atoms with Gasteiger partial charge in [-0.1, -0.05) is 72.4 Å². The van der Waals surface area contributed by atoms with E-state index in [4.69, 9.17) is 4.74 Å². The minimum atomic E-state index is -0.319. The maximum atomic E-state index is 12.9. The number of benzene rings is 2. The molecule has 7 heteroatoms. The Morgan fingerprint density at radius 3 is 2.29 bits per heavy atom. The van der Waals surface area contributed by atoms with Crippen molar-refractivity contribution in [3.63, 3.8) is 0 Å². The standard InChI is InChI=1S/C21H24N4O2S/c1-16(28-21-24-22-15-25(21)13-14-27-2)20(26)23-19(17-9-5-3-6-10-17)18-11-7-4-8-12-18/h3-12,15-16,19H,13-14H2,1-2H3,(H,23,26). The van der Waals surface area contributed by atoms with Gasteiger partial charge in [0.15, 0.2) is 5.16 Å². The van der Waals surface area contributed by atoms with Crippen molar-refractivity contribution < 1.29 is 9.53 Å². The summed E-state index contributed by atoms with van der Waals surface area (Å²) in [6.07, 6.45) is 1.66. The van der Waals surface area contributed by atoms with Crippen LogP contribution >= 0.6 is 11.8 Å². The molecule has 3 rings (SSSR count). The van der Waals surface area contributed by atoms with E-state index in [-0.39, 0.29) is 17.2 Å². The van der Waals surface area contributed by atoms with E-state index in [1.54, 1.807) is 13.4 Å². The van der Waals surface area contributed by atoms with Crippen LogP contribution in [0.25, 0.3) is 0 Å². The van der Waals surface area contributed by atoms with Gasteiger partial charge in [-0.05, 0) is 18.1 Å². The van der Waals surface area contributed by atoms with Crippen LogP contribution in [0.5, 0.6) is 0 Å². The molecule has 0 saturated heterocycles. The van der Waals surface area contributed by atoms with E-state index < -0.39 is 0 Å².